The van der Waals surface area contributed by atoms with E-state index in [2.05, 4.69) is 26.8 Å². The molecule has 0 heterocycles. The largest absolute Gasteiger partial charge is 0.389 e. The Morgan fingerprint density at radius 3 is 2.25 bits per heavy atom. The molecule has 0 amide bonds. The molecule has 1 rings (SSSR count). The molecule has 0 saturated heterocycles. The van der Waals surface area contributed by atoms with Crippen molar-refractivity contribution in [2.75, 3.05) is 0 Å². The normalized spacial score (nSPS) is 29.1. The fraction of sp³-hybridized carbons (Fsp3) is 0.818. The Morgan fingerprint density at radius 2 is 2.08 bits per heavy atom. The zero-order valence-electron chi connectivity index (χ0n) is 7.89. The van der Waals surface area contributed by atoms with Gasteiger partial charge in [0.2, 0.25) is 0 Å². The van der Waals surface area contributed by atoms with E-state index in [1.165, 1.54) is 5.57 Å². The third-order valence-electron chi connectivity index (χ3n) is 3.12. The lowest BCUT2D eigenvalue weighted by atomic mass is 9.77. The van der Waals surface area contributed by atoms with Gasteiger partial charge in [0.25, 0.3) is 0 Å². The lowest BCUT2D eigenvalue weighted by Crippen LogP contribution is -2.24. The highest BCUT2D eigenvalue weighted by Crippen LogP contribution is 2.44. The molecular weight excluding hydrogens is 148 g/mol. The summed E-state index contributed by atoms with van der Waals surface area (Å²) in [6, 6.07) is 0. The SMILES string of the molecule is C.CC1CC=C([C@H](C)O)C1(C)C. The van der Waals surface area contributed by atoms with Crippen LogP contribution in [0, 0.1) is 11.3 Å². The maximum absolute atomic E-state index is 9.44. The average molecular weight is 170 g/mol. The fourth-order valence-electron chi connectivity index (χ4n) is 1.85. The van der Waals surface area contributed by atoms with Gasteiger partial charge >= 0.3 is 0 Å². The summed E-state index contributed by atoms with van der Waals surface area (Å²) >= 11 is 0. The Bertz CT molecular complexity index is 177. The zero-order chi connectivity index (χ0) is 8.65. The third kappa shape index (κ3) is 1.71. The van der Waals surface area contributed by atoms with Crippen molar-refractivity contribution in [3.63, 3.8) is 0 Å². The second kappa shape index (κ2) is 3.61. The molecule has 1 heteroatoms. The highest BCUT2D eigenvalue weighted by atomic mass is 16.3. The Hall–Kier alpha value is -0.300. The van der Waals surface area contributed by atoms with Gasteiger partial charge in [-0.2, -0.15) is 0 Å². The molecule has 1 aliphatic carbocycles. The lowest BCUT2D eigenvalue weighted by Gasteiger charge is -2.29. The summed E-state index contributed by atoms with van der Waals surface area (Å²) in [4.78, 5) is 0. The molecule has 0 spiro atoms. The minimum Gasteiger partial charge on any atom is -0.389 e. The molecule has 0 aliphatic heterocycles. The molecule has 1 aliphatic rings. The van der Waals surface area contributed by atoms with Crippen LogP contribution < -0.4 is 0 Å². The molecular formula is C11H22O. The minimum absolute atomic E-state index is 0. The number of aliphatic hydroxyl groups is 1. The zero-order valence-corrected chi connectivity index (χ0v) is 7.89. The molecule has 0 fully saturated rings. The Kier molecular flexibility index (Phi) is 3.52. The predicted molar refractivity (Wildman–Crippen MR) is 54.1 cm³/mol. The van der Waals surface area contributed by atoms with E-state index < -0.39 is 0 Å². The van der Waals surface area contributed by atoms with E-state index in [9.17, 15) is 5.11 Å². The van der Waals surface area contributed by atoms with Gasteiger partial charge in [-0.15, -0.1) is 0 Å². The molecule has 0 aromatic heterocycles. The molecule has 0 aromatic rings. The smallest absolute Gasteiger partial charge is 0.0727 e. The average Bonchev–Trinajstić information content (AvgIpc) is 2.08. The van der Waals surface area contributed by atoms with Gasteiger partial charge in [0.1, 0.15) is 0 Å². The predicted octanol–water partition coefficient (Wildman–Crippen LogP) is 3.00. The first kappa shape index (κ1) is 11.7. The van der Waals surface area contributed by atoms with E-state index in [4.69, 9.17) is 0 Å². The molecule has 0 radical (unpaired) electrons. The highest BCUT2D eigenvalue weighted by molar-refractivity contribution is 5.22. The van der Waals surface area contributed by atoms with E-state index in [1.807, 2.05) is 6.92 Å². The fourth-order valence-corrected chi connectivity index (χ4v) is 1.85. The first-order chi connectivity index (χ1) is 4.96. The monoisotopic (exact) mass is 170 g/mol. The van der Waals surface area contributed by atoms with Crippen LogP contribution in [0.1, 0.15) is 41.5 Å². The van der Waals surface area contributed by atoms with Crippen LogP contribution in [0.15, 0.2) is 11.6 Å². The second-order valence-corrected chi connectivity index (χ2v) is 4.19. The van der Waals surface area contributed by atoms with E-state index in [1.54, 1.807) is 0 Å². The first-order valence-corrected chi connectivity index (χ1v) is 4.35. The van der Waals surface area contributed by atoms with Crippen molar-refractivity contribution < 1.29 is 5.11 Å². The van der Waals surface area contributed by atoms with Gasteiger partial charge in [0, 0.05) is 0 Å². The molecule has 0 saturated carbocycles. The van der Waals surface area contributed by atoms with Crippen molar-refractivity contribution in [2.24, 2.45) is 11.3 Å². The van der Waals surface area contributed by atoms with Crippen molar-refractivity contribution in [2.45, 2.75) is 47.6 Å². The Balaban J connectivity index is 0.00000121. The van der Waals surface area contributed by atoms with E-state index in [0.717, 1.165) is 6.42 Å². The molecule has 1 unspecified atom stereocenters. The van der Waals surface area contributed by atoms with Crippen molar-refractivity contribution in [1.82, 2.24) is 0 Å². The molecule has 72 valence electrons. The maximum atomic E-state index is 9.44. The third-order valence-corrected chi connectivity index (χ3v) is 3.12. The van der Waals surface area contributed by atoms with Gasteiger partial charge in [-0.3, -0.25) is 0 Å². The van der Waals surface area contributed by atoms with Crippen LogP contribution >= 0.6 is 0 Å². The van der Waals surface area contributed by atoms with E-state index in [0.29, 0.717) is 5.92 Å². The summed E-state index contributed by atoms with van der Waals surface area (Å²) in [7, 11) is 0. The number of aliphatic hydroxyl groups excluding tert-OH is 1. The standard InChI is InChI=1S/C10H18O.CH4/c1-7-5-6-9(8(2)11)10(7,3)4;/h6-8,11H,5H2,1-4H3;1H4/t7?,8-;/m0./s1. The topological polar surface area (TPSA) is 20.2 Å². The summed E-state index contributed by atoms with van der Waals surface area (Å²) < 4.78 is 0. The van der Waals surface area contributed by atoms with E-state index in [-0.39, 0.29) is 18.9 Å². The quantitative estimate of drug-likeness (QED) is 0.600. The number of rotatable bonds is 1. The van der Waals surface area contributed by atoms with Crippen LogP contribution in [0.2, 0.25) is 0 Å². The number of hydrogen-bond donors (Lipinski definition) is 1. The van der Waals surface area contributed by atoms with Crippen molar-refractivity contribution in [3.05, 3.63) is 11.6 Å². The van der Waals surface area contributed by atoms with Crippen LogP contribution in [-0.4, -0.2) is 11.2 Å². The van der Waals surface area contributed by atoms with Crippen LogP contribution in [0.5, 0.6) is 0 Å². The summed E-state index contributed by atoms with van der Waals surface area (Å²) in [5.41, 5.74) is 1.42. The van der Waals surface area contributed by atoms with Gasteiger partial charge < -0.3 is 5.11 Å². The molecule has 1 nitrogen and oxygen atoms in total. The van der Waals surface area contributed by atoms with Gasteiger partial charge in [0.05, 0.1) is 6.10 Å². The van der Waals surface area contributed by atoms with Crippen molar-refractivity contribution >= 4 is 0 Å². The Morgan fingerprint density at radius 1 is 1.58 bits per heavy atom. The van der Waals surface area contributed by atoms with Gasteiger partial charge in [-0.05, 0) is 30.3 Å². The van der Waals surface area contributed by atoms with Gasteiger partial charge in [-0.25, -0.2) is 0 Å². The van der Waals surface area contributed by atoms with Crippen LogP contribution in [0.25, 0.3) is 0 Å². The number of hydrogen-bond acceptors (Lipinski definition) is 1. The van der Waals surface area contributed by atoms with Gasteiger partial charge in [0.15, 0.2) is 0 Å². The number of allylic oxidation sites excluding steroid dienone is 1. The molecule has 0 aromatic carbocycles. The highest BCUT2D eigenvalue weighted by Gasteiger charge is 2.35. The first-order valence-electron chi connectivity index (χ1n) is 4.35. The van der Waals surface area contributed by atoms with Gasteiger partial charge in [-0.1, -0.05) is 34.3 Å². The maximum Gasteiger partial charge on any atom is 0.0727 e. The Labute approximate surface area is 76.5 Å². The summed E-state index contributed by atoms with van der Waals surface area (Å²) in [5.74, 6) is 0.673. The molecule has 2 atom stereocenters. The van der Waals surface area contributed by atoms with Crippen LogP contribution in [0.3, 0.4) is 0 Å². The van der Waals surface area contributed by atoms with Crippen LogP contribution in [-0.2, 0) is 0 Å². The molecule has 12 heavy (non-hydrogen) atoms. The van der Waals surface area contributed by atoms with Crippen LogP contribution in [0.4, 0.5) is 0 Å². The lowest BCUT2D eigenvalue weighted by molar-refractivity contribution is 0.185. The van der Waals surface area contributed by atoms with Crippen molar-refractivity contribution in [3.8, 4) is 0 Å². The van der Waals surface area contributed by atoms with E-state index >= 15 is 0 Å². The summed E-state index contributed by atoms with van der Waals surface area (Å²) in [5, 5.41) is 9.44. The minimum atomic E-state index is -0.269. The molecule has 0 bridgehead atoms. The van der Waals surface area contributed by atoms with Crippen molar-refractivity contribution in [1.29, 1.82) is 0 Å². The summed E-state index contributed by atoms with van der Waals surface area (Å²) in [6.45, 7) is 8.52. The molecule has 1 N–H and O–H groups in total. The second-order valence-electron chi connectivity index (χ2n) is 4.19. The summed E-state index contributed by atoms with van der Waals surface area (Å²) in [6.07, 6.45) is 3.04.